The molecule has 0 aliphatic heterocycles. The zero-order chi connectivity index (χ0) is 9.90. The maximum absolute atomic E-state index is 10.6. The standard InChI is InChI=1S/C8H7O3S.Li/c9-12(10,11)7-6-8-4-2-1-3-5-8;/h1-6H,(H,9,10,11);. The van der Waals surface area contributed by atoms with E-state index in [1.165, 1.54) is 23.8 Å². The third kappa shape index (κ3) is 3.37. The van der Waals surface area contributed by atoms with Gasteiger partial charge in [0.25, 0.3) is 0 Å². The monoisotopic (exact) mass is 190 g/mol. The first-order valence-corrected chi connectivity index (χ1v) is 5.15. The van der Waals surface area contributed by atoms with Crippen molar-refractivity contribution in [1.82, 2.24) is 0 Å². The molecule has 1 N–H and O–H groups in total. The average Bonchev–Trinajstić information content (AvgIpc) is 2.04. The van der Waals surface area contributed by atoms with Crippen LogP contribution in [0.2, 0.25) is 0 Å². The Morgan fingerprint density at radius 3 is 2.31 bits per heavy atom. The Bertz CT molecular complexity index is 408. The molecule has 1 rings (SSSR count). The second-order valence-corrected chi connectivity index (χ2v) is 4.23. The van der Waals surface area contributed by atoms with Crippen LogP contribution < -0.4 is 0 Å². The number of hydrogen-bond donors (Lipinski definition) is 1. The molecule has 3 nitrogen and oxygen atoms in total. The number of hydrogen-bond acceptors (Lipinski definition) is 2. The van der Waals surface area contributed by atoms with Crippen LogP contribution in [0.3, 0.4) is 0 Å². The van der Waals surface area contributed by atoms with Crippen molar-refractivity contribution in [2.45, 2.75) is 0 Å². The molecule has 1 aromatic carbocycles. The van der Waals surface area contributed by atoms with Crippen LogP contribution in [-0.2, 0) is 10.1 Å². The fourth-order valence-electron chi connectivity index (χ4n) is 0.858. The minimum absolute atomic E-state index is 0.0568. The summed E-state index contributed by atoms with van der Waals surface area (Å²) in [4.78, 5) is 0. The SMILES string of the molecule is [Li][C](=Cc1ccccc1)S(=O)(=O)O. The molecule has 0 amide bonds. The van der Waals surface area contributed by atoms with Gasteiger partial charge in [-0.25, -0.2) is 0 Å². The molecule has 0 atom stereocenters. The zero-order valence-electron chi connectivity index (χ0n) is 7.14. The van der Waals surface area contributed by atoms with Crippen molar-refractivity contribution in [3.63, 3.8) is 0 Å². The van der Waals surface area contributed by atoms with Crippen molar-refractivity contribution in [3.05, 3.63) is 39.5 Å². The fraction of sp³-hybridized carbons (Fsp3) is 0. The predicted molar refractivity (Wildman–Crippen MR) is 51.7 cm³/mol. The van der Waals surface area contributed by atoms with E-state index >= 15 is 0 Å². The molecule has 64 valence electrons. The summed E-state index contributed by atoms with van der Waals surface area (Å²) in [6, 6.07) is 8.94. The van der Waals surface area contributed by atoms with Crippen molar-refractivity contribution < 1.29 is 13.0 Å². The first kappa shape index (κ1) is 10.5. The Morgan fingerprint density at radius 1 is 1.31 bits per heavy atom. The molecule has 0 unspecified atom stereocenters. The molecular weight excluding hydrogens is 183 g/mol. The topological polar surface area (TPSA) is 54.4 Å². The Morgan fingerprint density at radius 2 is 1.85 bits per heavy atom. The van der Waals surface area contributed by atoms with Crippen molar-refractivity contribution in [2.75, 3.05) is 0 Å². The average molecular weight is 190 g/mol. The van der Waals surface area contributed by atoms with Crippen molar-refractivity contribution in [3.8, 4) is 0 Å². The van der Waals surface area contributed by atoms with E-state index in [0.29, 0.717) is 0 Å². The molecule has 0 saturated heterocycles. The Hall–Kier alpha value is -0.533. The molecule has 0 aliphatic rings. The van der Waals surface area contributed by atoms with Crippen LogP contribution in [0.15, 0.2) is 33.9 Å². The summed E-state index contributed by atoms with van der Waals surface area (Å²) in [5, 5.41) is 0. The van der Waals surface area contributed by atoms with E-state index in [9.17, 15) is 8.42 Å². The molecule has 1 aromatic rings. The van der Waals surface area contributed by atoms with E-state index in [0.717, 1.165) is 5.56 Å². The van der Waals surface area contributed by atoms with Crippen LogP contribution in [0.4, 0.5) is 0 Å². The summed E-state index contributed by atoms with van der Waals surface area (Å²) in [7, 11) is -4.04. The van der Waals surface area contributed by atoms with Gasteiger partial charge >= 0.3 is 86.4 Å². The molecule has 0 heterocycles. The van der Waals surface area contributed by atoms with Crippen LogP contribution in [-0.4, -0.2) is 30.7 Å². The molecule has 0 spiro atoms. The zero-order valence-corrected chi connectivity index (χ0v) is 7.95. The summed E-state index contributed by atoms with van der Waals surface area (Å²) in [6.07, 6.45) is 1.41. The summed E-state index contributed by atoms with van der Waals surface area (Å²) in [5.74, 6) is 0. The molecule has 0 saturated carbocycles. The van der Waals surface area contributed by atoms with E-state index in [1.54, 1.807) is 24.3 Å². The van der Waals surface area contributed by atoms with Gasteiger partial charge in [0, 0.05) is 0 Å². The van der Waals surface area contributed by atoms with Crippen molar-refractivity contribution in [2.24, 2.45) is 0 Å². The second-order valence-electron chi connectivity index (χ2n) is 2.64. The van der Waals surface area contributed by atoms with Crippen molar-refractivity contribution in [1.29, 1.82) is 0 Å². The van der Waals surface area contributed by atoms with E-state index in [4.69, 9.17) is 4.55 Å². The van der Waals surface area contributed by atoms with Crippen LogP contribution in [0, 0.1) is 0 Å². The summed E-state index contributed by atoms with van der Waals surface area (Å²) >= 11 is 1.35. The molecular formula is C8H7LiO3S. The van der Waals surface area contributed by atoms with Gasteiger partial charge in [0.05, 0.1) is 0 Å². The molecule has 0 radical (unpaired) electrons. The quantitative estimate of drug-likeness (QED) is 0.560. The molecule has 0 fully saturated rings. The summed E-state index contributed by atoms with van der Waals surface area (Å²) in [5.41, 5.74) is 0.748. The van der Waals surface area contributed by atoms with Gasteiger partial charge in [0.1, 0.15) is 0 Å². The number of rotatable bonds is 2. The van der Waals surface area contributed by atoms with Gasteiger partial charge in [0.2, 0.25) is 0 Å². The maximum atomic E-state index is 10.6. The third-order valence-electron chi connectivity index (χ3n) is 1.58. The fourth-order valence-corrected chi connectivity index (χ4v) is 1.14. The third-order valence-corrected chi connectivity index (χ3v) is 2.51. The molecule has 5 heteroatoms. The number of benzene rings is 1. The Kier molecular flexibility index (Phi) is 3.34. The van der Waals surface area contributed by atoms with Gasteiger partial charge in [-0.1, -0.05) is 0 Å². The van der Waals surface area contributed by atoms with Crippen LogP contribution >= 0.6 is 0 Å². The second kappa shape index (κ2) is 4.12. The van der Waals surface area contributed by atoms with Gasteiger partial charge in [-0.2, -0.15) is 0 Å². The Balaban J connectivity index is 3.04. The van der Waals surface area contributed by atoms with E-state index < -0.39 is 10.1 Å². The summed E-state index contributed by atoms with van der Waals surface area (Å²) < 4.78 is 29.8. The van der Waals surface area contributed by atoms with E-state index in [1.807, 2.05) is 6.07 Å². The van der Waals surface area contributed by atoms with Gasteiger partial charge in [-0.05, 0) is 0 Å². The van der Waals surface area contributed by atoms with Gasteiger partial charge < -0.3 is 0 Å². The molecule has 0 bridgehead atoms. The first-order chi connectivity index (χ1) is 6.00. The first-order valence-electron chi connectivity index (χ1n) is 3.71. The van der Waals surface area contributed by atoms with E-state index in [-0.39, 0.29) is 3.58 Å². The van der Waals surface area contributed by atoms with E-state index in [2.05, 4.69) is 0 Å². The van der Waals surface area contributed by atoms with Gasteiger partial charge in [-0.15, -0.1) is 0 Å². The normalized spacial score (nSPS) is 13.0. The van der Waals surface area contributed by atoms with Crippen LogP contribution in [0.25, 0.3) is 6.08 Å². The molecule has 0 aliphatic carbocycles. The van der Waals surface area contributed by atoms with Gasteiger partial charge in [-0.3, -0.25) is 0 Å². The molecule has 13 heavy (non-hydrogen) atoms. The summed E-state index contributed by atoms with van der Waals surface area (Å²) in [6.45, 7) is 0. The van der Waals surface area contributed by atoms with Gasteiger partial charge in [0.15, 0.2) is 0 Å². The van der Waals surface area contributed by atoms with Crippen LogP contribution in [0.5, 0.6) is 0 Å². The predicted octanol–water partition coefficient (Wildman–Crippen LogP) is 1.04. The molecule has 0 aromatic heterocycles. The minimum atomic E-state index is -4.04. The Labute approximate surface area is 86.4 Å². The van der Waals surface area contributed by atoms with Crippen LogP contribution in [0.1, 0.15) is 5.56 Å². The van der Waals surface area contributed by atoms with Crippen molar-refractivity contribution >= 4 is 33.9 Å².